The number of hydrogen-bond donors (Lipinski definition) is 2. The number of rotatable bonds is 9. The Morgan fingerprint density at radius 2 is 1.69 bits per heavy atom. The predicted octanol–water partition coefficient (Wildman–Crippen LogP) is 4.06. The number of hydrogen-bond acceptors (Lipinski definition) is 6. The molecule has 2 aromatic carbocycles. The van der Waals surface area contributed by atoms with Gasteiger partial charge in [-0.3, -0.25) is 9.89 Å². The first kappa shape index (κ1) is 22.9. The number of carbonyl (C=O) groups excluding carboxylic acids is 1. The van der Waals surface area contributed by atoms with Crippen LogP contribution in [-0.2, 0) is 6.42 Å². The average Bonchev–Trinajstić information content (AvgIpc) is 3.29. The van der Waals surface area contributed by atoms with Crippen LogP contribution in [0.25, 0.3) is 11.3 Å². The molecule has 0 unspecified atom stereocenters. The van der Waals surface area contributed by atoms with Crippen molar-refractivity contribution >= 4 is 12.1 Å². The number of nitrogens with one attached hydrogen (secondary N) is 2. The average molecular weight is 437 g/mol. The lowest BCUT2D eigenvalue weighted by Crippen LogP contribution is -2.18. The van der Waals surface area contributed by atoms with Crippen molar-refractivity contribution < 1.29 is 19.0 Å². The first-order chi connectivity index (χ1) is 15.4. The van der Waals surface area contributed by atoms with E-state index in [0.29, 0.717) is 40.1 Å². The zero-order valence-electron chi connectivity index (χ0n) is 18.9. The third kappa shape index (κ3) is 5.46. The van der Waals surface area contributed by atoms with Crippen LogP contribution in [0, 0.1) is 5.92 Å². The molecule has 0 aliphatic carbocycles. The summed E-state index contributed by atoms with van der Waals surface area (Å²) in [6.45, 7) is 4.38. The summed E-state index contributed by atoms with van der Waals surface area (Å²) >= 11 is 0. The number of carbonyl (C=O) groups is 1. The second-order valence-electron chi connectivity index (χ2n) is 7.61. The minimum Gasteiger partial charge on any atom is -0.496 e. The van der Waals surface area contributed by atoms with Gasteiger partial charge in [0.1, 0.15) is 11.4 Å². The minimum atomic E-state index is -0.407. The molecule has 0 fully saturated rings. The van der Waals surface area contributed by atoms with Gasteiger partial charge in [0.15, 0.2) is 11.5 Å². The second kappa shape index (κ2) is 10.5. The molecule has 2 N–H and O–H groups in total. The van der Waals surface area contributed by atoms with Gasteiger partial charge in [-0.1, -0.05) is 38.1 Å². The lowest BCUT2D eigenvalue weighted by molar-refractivity contribution is 0.0950. The smallest absolute Gasteiger partial charge is 0.289 e. The number of aromatic nitrogens is 2. The van der Waals surface area contributed by atoms with Gasteiger partial charge in [0.2, 0.25) is 0 Å². The van der Waals surface area contributed by atoms with Crippen molar-refractivity contribution in [3.63, 3.8) is 0 Å². The summed E-state index contributed by atoms with van der Waals surface area (Å²) < 4.78 is 15.9. The summed E-state index contributed by atoms with van der Waals surface area (Å²) in [6.07, 6.45) is 2.50. The monoisotopic (exact) mass is 436 g/mol. The van der Waals surface area contributed by atoms with Gasteiger partial charge >= 0.3 is 0 Å². The molecule has 0 aliphatic rings. The maximum atomic E-state index is 12.5. The number of hydrazone groups is 1. The van der Waals surface area contributed by atoms with Crippen LogP contribution in [0.1, 0.15) is 35.5 Å². The SMILES string of the molecule is COc1cc(OC)c(OC)cc1C=NNC(=O)c1cc(-c2ccc(CC(C)C)cc2)n[nH]1. The van der Waals surface area contributed by atoms with E-state index in [1.165, 1.54) is 11.8 Å². The van der Waals surface area contributed by atoms with Gasteiger partial charge in [-0.05, 0) is 30.0 Å². The molecule has 0 aliphatic heterocycles. The normalized spacial score (nSPS) is 11.1. The van der Waals surface area contributed by atoms with Gasteiger partial charge in [-0.15, -0.1) is 0 Å². The first-order valence-corrected chi connectivity index (χ1v) is 10.2. The molecule has 168 valence electrons. The van der Waals surface area contributed by atoms with Gasteiger partial charge < -0.3 is 14.2 Å². The van der Waals surface area contributed by atoms with E-state index < -0.39 is 5.91 Å². The molecular formula is C24H28N4O4. The van der Waals surface area contributed by atoms with Gasteiger partial charge in [0.25, 0.3) is 5.91 Å². The molecule has 3 aromatic rings. The Morgan fingerprint density at radius 3 is 2.31 bits per heavy atom. The molecule has 1 heterocycles. The van der Waals surface area contributed by atoms with E-state index in [1.807, 2.05) is 12.1 Å². The Balaban J connectivity index is 1.69. The van der Waals surface area contributed by atoms with E-state index in [1.54, 1.807) is 39.5 Å². The Bertz CT molecular complexity index is 1090. The molecule has 8 heteroatoms. The lowest BCUT2D eigenvalue weighted by Gasteiger charge is -2.11. The van der Waals surface area contributed by atoms with E-state index in [9.17, 15) is 4.79 Å². The maximum Gasteiger partial charge on any atom is 0.289 e. The van der Waals surface area contributed by atoms with Crippen LogP contribution in [0.5, 0.6) is 17.2 Å². The molecule has 0 bridgehead atoms. The molecule has 3 rings (SSSR count). The van der Waals surface area contributed by atoms with Crippen LogP contribution in [0.3, 0.4) is 0 Å². The third-order valence-electron chi connectivity index (χ3n) is 4.82. The van der Waals surface area contributed by atoms with Crippen LogP contribution in [0.4, 0.5) is 0 Å². The fourth-order valence-electron chi connectivity index (χ4n) is 3.24. The van der Waals surface area contributed by atoms with E-state index in [0.717, 1.165) is 12.0 Å². The van der Waals surface area contributed by atoms with Crippen molar-refractivity contribution in [3.8, 4) is 28.5 Å². The molecule has 1 amide bonds. The topological polar surface area (TPSA) is 97.8 Å². The molecular weight excluding hydrogens is 408 g/mol. The van der Waals surface area contributed by atoms with Crippen LogP contribution in [0.2, 0.25) is 0 Å². The van der Waals surface area contributed by atoms with E-state index >= 15 is 0 Å². The van der Waals surface area contributed by atoms with Crippen LogP contribution in [0.15, 0.2) is 47.6 Å². The number of H-pyrrole nitrogens is 1. The largest absolute Gasteiger partial charge is 0.496 e. The Hall–Kier alpha value is -3.81. The summed E-state index contributed by atoms with van der Waals surface area (Å²) in [5, 5.41) is 11.0. The fourth-order valence-corrected chi connectivity index (χ4v) is 3.24. The quantitative estimate of drug-likeness (QED) is 0.389. The standard InChI is InChI=1S/C24H28N4O4/c1-15(2)10-16-6-8-17(9-7-16)19-12-20(27-26-19)24(29)28-25-14-18-11-22(31-4)23(32-5)13-21(18)30-3/h6-9,11-15H,10H2,1-5H3,(H,26,27)(H,28,29). The lowest BCUT2D eigenvalue weighted by atomic mass is 10.0. The second-order valence-corrected chi connectivity index (χ2v) is 7.61. The third-order valence-corrected chi connectivity index (χ3v) is 4.82. The van der Waals surface area contributed by atoms with E-state index in [2.05, 4.69) is 46.7 Å². The number of nitrogens with zero attached hydrogens (tertiary/aromatic N) is 2. The number of amides is 1. The zero-order chi connectivity index (χ0) is 23.1. The first-order valence-electron chi connectivity index (χ1n) is 10.2. The highest BCUT2D eigenvalue weighted by atomic mass is 16.5. The van der Waals surface area contributed by atoms with Gasteiger partial charge in [-0.25, -0.2) is 5.43 Å². The Labute approximate surface area is 187 Å². The predicted molar refractivity (Wildman–Crippen MR) is 124 cm³/mol. The molecule has 0 spiro atoms. The molecule has 0 atom stereocenters. The molecule has 1 aromatic heterocycles. The summed E-state index contributed by atoms with van der Waals surface area (Å²) in [5.41, 5.74) is 6.33. The summed E-state index contributed by atoms with van der Waals surface area (Å²) in [6, 6.07) is 13.3. The van der Waals surface area contributed by atoms with Crippen LogP contribution in [-0.4, -0.2) is 43.6 Å². The van der Waals surface area contributed by atoms with Crippen LogP contribution >= 0.6 is 0 Å². The summed E-state index contributed by atoms with van der Waals surface area (Å²) in [7, 11) is 4.63. The summed E-state index contributed by atoms with van der Waals surface area (Å²) in [5.74, 6) is 1.79. The molecule has 8 nitrogen and oxygen atoms in total. The van der Waals surface area contributed by atoms with Crippen molar-refractivity contribution in [2.45, 2.75) is 20.3 Å². The maximum absolute atomic E-state index is 12.5. The fraction of sp³-hybridized carbons (Fsp3) is 0.292. The molecule has 32 heavy (non-hydrogen) atoms. The van der Waals surface area contributed by atoms with Crippen LogP contribution < -0.4 is 19.6 Å². The van der Waals surface area contributed by atoms with Gasteiger partial charge in [-0.2, -0.15) is 10.2 Å². The Kier molecular flexibility index (Phi) is 7.49. The number of methoxy groups -OCH3 is 3. The van der Waals surface area contributed by atoms with Crippen molar-refractivity contribution in [2.75, 3.05) is 21.3 Å². The highest BCUT2D eigenvalue weighted by Crippen LogP contribution is 2.33. The highest BCUT2D eigenvalue weighted by Gasteiger charge is 2.12. The molecule has 0 saturated carbocycles. The van der Waals surface area contributed by atoms with Crippen molar-refractivity contribution in [2.24, 2.45) is 11.0 Å². The highest BCUT2D eigenvalue weighted by molar-refractivity contribution is 5.94. The van der Waals surface area contributed by atoms with Crippen molar-refractivity contribution in [1.82, 2.24) is 15.6 Å². The van der Waals surface area contributed by atoms with Crippen molar-refractivity contribution in [3.05, 3.63) is 59.3 Å². The van der Waals surface area contributed by atoms with Crippen molar-refractivity contribution in [1.29, 1.82) is 0 Å². The minimum absolute atomic E-state index is 0.308. The number of ether oxygens (including phenoxy) is 3. The van der Waals surface area contributed by atoms with Gasteiger partial charge in [0, 0.05) is 17.2 Å². The van der Waals surface area contributed by atoms with Gasteiger partial charge in [0.05, 0.1) is 33.2 Å². The zero-order valence-corrected chi connectivity index (χ0v) is 18.9. The number of benzene rings is 2. The van der Waals surface area contributed by atoms with E-state index in [-0.39, 0.29) is 0 Å². The molecule has 0 radical (unpaired) electrons. The molecule has 0 saturated heterocycles. The summed E-state index contributed by atoms with van der Waals surface area (Å²) in [4.78, 5) is 12.5. The Morgan fingerprint density at radius 1 is 1.03 bits per heavy atom. The number of aromatic amines is 1. The van der Waals surface area contributed by atoms with E-state index in [4.69, 9.17) is 14.2 Å².